The molecule has 0 spiro atoms. The fraction of sp³-hybridized carbons (Fsp3) is 0. The monoisotopic (exact) mass is 508 g/mol. The van der Waals surface area contributed by atoms with Crippen LogP contribution in [0.5, 0.6) is 0 Å². The summed E-state index contributed by atoms with van der Waals surface area (Å²) in [7, 11) is 0. The highest BCUT2D eigenvalue weighted by Gasteiger charge is 2.12. The van der Waals surface area contributed by atoms with Crippen LogP contribution >= 0.6 is 0 Å². The number of para-hydroxylation sites is 1. The smallest absolute Gasteiger partial charge is 0.0972 e. The Bertz CT molecular complexity index is 2230. The van der Waals surface area contributed by atoms with E-state index >= 15 is 0 Å². The number of hydrogen-bond donors (Lipinski definition) is 0. The van der Waals surface area contributed by atoms with Crippen LogP contribution in [0.3, 0.4) is 0 Å². The van der Waals surface area contributed by atoms with Gasteiger partial charge in [-0.05, 0) is 68.4 Å². The zero-order valence-corrected chi connectivity index (χ0v) is 21.8. The Labute approximate surface area is 232 Å². The minimum absolute atomic E-state index is 0.877. The second kappa shape index (κ2) is 9.14. The summed E-state index contributed by atoms with van der Waals surface area (Å²) in [6.45, 7) is 0. The molecule has 0 fully saturated rings. The summed E-state index contributed by atoms with van der Waals surface area (Å²) >= 11 is 0. The average molecular weight is 509 g/mol. The topological polar surface area (TPSA) is 25.8 Å². The quantitative estimate of drug-likeness (QED) is 0.222. The van der Waals surface area contributed by atoms with Gasteiger partial charge in [0.15, 0.2) is 0 Å². The van der Waals surface area contributed by atoms with E-state index in [0.717, 1.165) is 38.9 Å². The third-order valence-electron chi connectivity index (χ3n) is 7.84. The lowest BCUT2D eigenvalue weighted by Crippen LogP contribution is -1.93. The first kappa shape index (κ1) is 22.6. The van der Waals surface area contributed by atoms with Gasteiger partial charge in [-0.2, -0.15) is 0 Å². The van der Waals surface area contributed by atoms with Crippen LogP contribution < -0.4 is 0 Å². The molecule has 8 rings (SSSR count). The molecule has 0 amide bonds. The Kier molecular flexibility index (Phi) is 5.17. The van der Waals surface area contributed by atoms with E-state index in [1.165, 1.54) is 38.1 Å². The van der Waals surface area contributed by atoms with Crippen LogP contribution in [0, 0.1) is 0 Å². The normalized spacial score (nSPS) is 11.5. The summed E-state index contributed by atoms with van der Waals surface area (Å²) in [5.74, 6) is 0. The molecule has 40 heavy (non-hydrogen) atoms. The maximum Gasteiger partial charge on any atom is 0.0972 e. The second-order valence-electron chi connectivity index (χ2n) is 10.2. The first-order valence-corrected chi connectivity index (χ1v) is 13.6. The number of benzene rings is 6. The van der Waals surface area contributed by atoms with Crippen LogP contribution in [0.25, 0.3) is 77.0 Å². The average Bonchev–Trinajstić information content (AvgIpc) is 3.04. The number of pyridine rings is 2. The number of nitrogens with zero attached hydrogens (tertiary/aromatic N) is 2. The molecular weight excluding hydrogens is 484 g/mol. The molecular formula is C38H24N2. The highest BCUT2D eigenvalue weighted by molar-refractivity contribution is 6.11. The van der Waals surface area contributed by atoms with E-state index < -0.39 is 0 Å². The molecule has 2 heteroatoms. The van der Waals surface area contributed by atoms with Crippen molar-refractivity contribution in [3.05, 3.63) is 146 Å². The molecule has 0 aliphatic carbocycles. The first-order chi connectivity index (χ1) is 19.8. The van der Waals surface area contributed by atoms with Crippen LogP contribution in [0.15, 0.2) is 146 Å². The predicted octanol–water partition coefficient (Wildman–Crippen LogP) is 10.1. The number of fused-ring (bicyclic) bond motifs is 6. The van der Waals surface area contributed by atoms with Gasteiger partial charge in [0.25, 0.3) is 0 Å². The van der Waals surface area contributed by atoms with Gasteiger partial charge in [-0.25, -0.2) is 9.97 Å². The van der Waals surface area contributed by atoms with Crippen molar-refractivity contribution in [3.8, 4) is 33.8 Å². The minimum Gasteiger partial charge on any atom is -0.246 e. The van der Waals surface area contributed by atoms with E-state index in [1.807, 2.05) is 6.07 Å². The van der Waals surface area contributed by atoms with Crippen LogP contribution in [0.2, 0.25) is 0 Å². The van der Waals surface area contributed by atoms with Crippen LogP contribution in [-0.2, 0) is 0 Å². The van der Waals surface area contributed by atoms with Gasteiger partial charge in [0.05, 0.1) is 22.6 Å². The molecule has 0 aliphatic heterocycles. The maximum atomic E-state index is 5.13. The van der Waals surface area contributed by atoms with E-state index in [2.05, 4.69) is 140 Å². The zero-order valence-electron chi connectivity index (χ0n) is 21.8. The second-order valence-corrected chi connectivity index (χ2v) is 10.2. The molecule has 0 radical (unpaired) electrons. The third kappa shape index (κ3) is 3.73. The Hall–Kier alpha value is -5.34. The van der Waals surface area contributed by atoms with Crippen molar-refractivity contribution in [3.63, 3.8) is 0 Å². The van der Waals surface area contributed by atoms with Crippen molar-refractivity contribution in [1.82, 2.24) is 9.97 Å². The Morgan fingerprint density at radius 3 is 1.90 bits per heavy atom. The fourth-order valence-electron chi connectivity index (χ4n) is 5.88. The largest absolute Gasteiger partial charge is 0.246 e. The molecule has 2 heterocycles. The molecule has 0 saturated heterocycles. The first-order valence-electron chi connectivity index (χ1n) is 13.6. The van der Waals surface area contributed by atoms with Crippen molar-refractivity contribution in [2.75, 3.05) is 0 Å². The minimum atomic E-state index is 0.877. The van der Waals surface area contributed by atoms with Crippen molar-refractivity contribution in [1.29, 1.82) is 0 Å². The predicted molar refractivity (Wildman–Crippen MR) is 168 cm³/mol. The molecule has 8 aromatic rings. The lowest BCUT2D eigenvalue weighted by Gasteiger charge is -2.11. The lowest BCUT2D eigenvalue weighted by atomic mass is 9.96. The van der Waals surface area contributed by atoms with E-state index in [9.17, 15) is 0 Å². The van der Waals surface area contributed by atoms with Gasteiger partial charge in [-0.15, -0.1) is 0 Å². The maximum absolute atomic E-state index is 5.13. The Morgan fingerprint density at radius 2 is 0.975 bits per heavy atom. The van der Waals surface area contributed by atoms with Crippen molar-refractivity contribution in [2.45, 2.75) is 0 Å². The van der Waals surface area contributed by atoms with Crippen molar-refractivity contribution >= 4 is 43.2 Å². The molecule has 0 N–H and O–H groups in total. The Balaban J connectivity index is 1.23. The lowest BCUT2D eigenvalue weighted by molar-refractivity contribution is 1.29. The fourth-order valence-corrected chi connectivity index (χ4v) is 5.88. The van der Waals surface area contributed by atoms with Crippen LogP contribution in [-0.4, -0.2) is 9.97 Å². The van der Waals surface area contributed by atoms with Gasteiger partial charge in [0.1, 0.15) is 0 Å². The van der Waals surface area contributed by atoms with Gasteiger partial charge in [-0.1, -0.05) is 115 Å². The van der Waals surface area contributed by atoms with E-state index in [4.69, 9.17) is 9.97 Å². The summed E-state index contributed by atoms with van der Waals surface area (Å²) < 4.78 is 0. The van der Waals surface area contributed by atoms with E-state index in [1.54, 1.807) is 0 Å². The van der Waals surface area contributed by atoms with Crippen molar-refractivity contribution < 1.29 is 0 Å². The summed E-state index contributed by atoms with van der Waals surface area (Å²) in [6, 6.07) is 51.4. The third-order valence-corrected chi connectivity index (χ3v) is 7.84. The molecule has 0 bridgehead atoms. The zero-order chi connectivity index (χ0) is 26.5. The van der Waals surface area contributed by atoms with Gasteiger partial charge >= 0.3 is 0 Å². The highest BCUT2D eigenvalue weighted by Crippen LogP contribution is 2.34. The number of aromatic nitrogens is 2. The number of hydrogen-bond acceptors (Lipinski definition) is 2. The molecule has 0 unspecified atom stereocenters. The summed E-state index contributed by atoms with van der Waals surface area (Å²) in [5, 5.41) is 8.55. The molecule has 186 valence electrons. The molecule has 0 aliphatic rings. The molecule has 2 nitrogen and oxygen atoms in total. The van der Waals surface area contributed by atoms with E-state index in [-0.39, 0.29) is 0 Å². The van der Waals surface area contributed by atoms with Gasteiger partial charge in [0, 0.05) is 16.3 Å². The summed E-state index contributed by atoms with van der Waals surface area (Å²) in [5.41, 5.74) is 7.16. The van der Waals surface area contributed by atoms with Gasteiger partial charge < -0.3 is 0 Å². The van der Waals surface area contributed by atoms with Gasteiger partial charge in [0.2, 0.25) is 0 Å². The van der Waals surface area contributed by atoms with E-state index in [0.29, 0.717) is 0 Å². The molecule has 6 aromatic carbocycles. The summed E-state index contributed by atoms with van der Waals surface area (Å²) in [6.07, 6.45) is 0. The standard InChI is InChI=1S/C38H24N2/c1-2-12-30-25(9-1)19-20-28-23-27(21-22-31(28)30)26-10-7-11-29(24-26)35-17-8-18-37(39-35)38-34-15-4-3-13-32(34)33-14-5-6-16-36(33)40-38/h1-24H. The SMILES string of the molecule is c1cc(-c2ccc3c(ccc4ccccc43)c2)cc(-c2cccc(-c3nc4ccccc4c4ccccc34)n2)c1. The van der Waals surface area contributed by atoms with Gasteiger partial charge in [-0.3, -0.25) is 0 Å². The highest BCUT2D eigenvalue weighted by atomic mass is 14.8. The Morgan fingerprint density at radius 1 is 0.325 bits per heavy atom. The number of rotatable bonds is 3. The molecule has 2 aromatic heterocycles. The summed E-state index contributed by atoms with van der Waals surface area (Å²) in [4.78, 5) is 10.2. The molecule has 0 saturated carbocycles. The molecule has 0 atom stereocenters. The van der Waals surface area contributed by atoms with Crippen molar-refractivity contribution in [2.24, 2.45) is 0 Å². The van der Waals surface area contributed by atoms with Crippen LogP contribution in [0.1, 0.15) is 0 Å². The van der Waals surface area contributed by atoms with Crippen LogP contribution in [0.4, 0.5) is 0 Å².